The Labute approximate surface area is 123 Å². The molecule has 1 aliphatic rings. The van der Waals surface area contributed by atoms with E-state index in [2.05, 4.69) is 40.9 Å². The molecule has 0 spiro atoms. The first kappa shape index (κ1) is 15.5. The second-order valence-electron chi connectivity index (χ2n) is 6.54. The Hall–Kier alpha value is -0.900. The van der Waals surface area contributed by atoms with E-state index < -0.39 is 0 Å². The Morgan fingerprint density at radius 3 is 2.85 bits per heavy atom. The largest absolute Gasteiger partial charge is 0.314 e. The van der Waals surface area contributed by atoms with Gasteiger partial charge in [-0.3, -0.25) is 0 Å². The lowest BCUT2D eigenvalue weighted by atomic mass is 10.0. The van der Waals surface area contributed by atoms with E-state index in [1.165, 1.54) is 32.1 Å². The van der Waals surface area contributed by atoms with Crippen molar-refractivity contribution in [3.8, 4) is 0 Å². The smallest absolute Gasteiger partial charge is 0.138 e. The van der Waals surface area contributed by atoms with Crippen LogP contribution in [-0.4, -0.2) is 27.4 Å². The van der Waals surface area contributed by atoms with Gasteiger partial charge in [0, 0.05) is 19.0 Å². The molecule has 0 saturated heterocycles. The first-order valence-electron chi connectivity index (χ1n) is 8.30. The van der Waals surface area contributed by atoms with E-state index >= 15 is 0 Å². The fourth-order valence-corrected chi connectivity index (χ4v) is 2.79. The summed E-state index contributed by atoms with van der Waals surface area (Å²) in [5.41, 5.74) is 0. The standard InChI is InChI=1S/C16H30N4/c1-4-10-17-15(14-8-9-14)6-5-7-16-18-12-19-20(16)11-13(2)3/h12-15,17H,4-11H2,1-3H3. The van der Waals surface area contributed by atoms with Crippen LogP contribution in [-0.2, 0) is 13.0 Å². The molecule has 1 atom stereocenters. The van der Waals surface area contributed by atoms with Gasteiger partial charge in [-0.25, -0.2) is 9.67 Å². The average molecular weight is 278 g/mol. The Kier molecular flexibility index (Phi) is 6.02. The van der Waals surface area contributed by atoms with Gasteiger partial charge in [0.05, 0.1) is 0 Å². The molecule has 1 unspecified atom stereocenters. The third-order valence-corrected chi connectivity index (χ3v) is 4.00. The van der Waals surface area contributed by atoms with Crippen molar-refractivity contribution >= 4 is 0 Å². The average Bonchev–Trinajstić information content (AvgIpc) is 3.16. The van der Waals surface area contributed by atoms with Gasteiger partial charge >= 0.3 is 0 Å². The topological polar surface area (TPSA) is 42.7 Å². The lowest BCUT2D eigenvalue weighted by molar-refractivity contribution is 0.415. The molecule has 1 N–H and O–H groups in total. The molecule has 0 amide bonds. The van der Waals surface area contributed by atoms with Crippen LogP contribution in [0, 0.1) is 11.8 Å². The van der Waals surface area contributed by atoms with Gasteiger partial charge in [-0.1, -0.05) is 20.8 Å². The van der Waals surface area contributed by atoms with E-state index in [4.69, 9.17) is 0 Å². The fourth-order valence-electron chi connectivity index (χ4n) is 2.79. The minimum Gasteiger partial charge on any atom is -0.314 e. The molecule has 1 saturated carbocycles. The molecule has 1 aliphatic carbocycles. The van der Waals surface area contributed by atoms with Gasteiger partial charge in [0.1, 0.15) is 12.2 Å². The number of rotatable bonds is 10. The number of nitrogens with zero attached hydrogens (tertiary/aromatic N) is 3. The molecule has 1 aromatic rings. The van der Waals surface area contributed by atoms with Crippen molar-refractivity contribution in [2.24, 2.45) is 11.8 Å². The SMILES string of the molecule is CCCNC(CCCc1ncnn1CC(C)C)C1CC1. The molecule has 1 aromatic heterocycles. The summed E-state index contributed by atoms with van der Waals surface area (Å²) in [4.78, 5) is 4.42. The monoisotopic (exact) mass is 278 g/mol. The van der Waals surface area contributed by atoms with Crippen LogP contribution in [0.25, 0.3) is 0 Å². The van der Waals surface area contributed by atoms with Gasteiger partial charge in [-0.2, -0.15) is 5.10 Å². The van der Waals surface area contributed by atoms with Crippen molar-refractivity contribution in [2.45, 2.75) is 71.9 Å². The first-order valence-corrected chi connectivity index (χ1v) is 8.30. The summed E-state index contributed by atoms with van der Waals surface area (Å²) in [5, 5.41) is 8.06. The molecule has 114 valence electrons. The molecule has 0 aromatic carbocycles. The van der Waals surface area contributed by atoms with Crippen LogP contribution in [0.3, 0.4) is 0 Å². The Balaban J connectivity index is 1.75. The van der Waals surface area contributed by atoms with Crippen LogP contribution in [0.5, 0.6) is 0 Å². The summed E-state index contributed by atoms with van der Waals surface area (Å²) in [5.74, 6) is 2.72. The zero-order valence-electron chi connectivity index (χ0n) is 13.3. The van der Waals surface area contributed by atoms with Crippen molar-refractivity contribution in [1.29, 1.82) is 0 Å². The van der Waals surface area contributed by atoms with Crippen LogP contribution in [0.1, 0.15) is 58.7 Å². The molecule has 0 aliphatic heterocycles. The molecule has 1 fully saturated rings. The molecule has 20 heavy (non-hydrogen) atoms. The van der Waals surface area contributed by atoms with Gasteiger partial charge < -0.3 is 5.32 Å². The van der Waals surface area contributed by atoms with Crippen molar-refractivity contribution in [3.63, 3.8) is 0 Å². The molecule has 2 rings (SSSR count). The van der Waals surface area contributed by atoms with Crippen molar-refractivity contribution in [2.75, 3.05) is 6.54 Å². The highest BCUT2D eigenvalue weighted by atomic mass is 15.3. The normalized spacial score (nSPS) is 16.8. The lowest BCUT2D eigenvalue weighted by Crippen LogP contribution is -2.31. The summed E-state index contributed by atoms with van der Waals surface area (Å²) in [7, 11) is 0. The van der Waals surface area contributed by atoms with Crippen molar-refractivity contribution in [1.82, 2.24) is 20.1 Å². The van der Waals surface area contributed by atoms with Crippen LogP contribution >= 0.6 is 0 Å². The number of aromatic nitrogens is 3. The van der Waals surface area contributed by atoms with E-state index in [-0.39, 0.29) is 0 Å². The van der Waals surface area contributed by atoms with Crippen molar-refractivity contribution < 1.29 is 0 Å². The summed E-state index contributed by atoms with van der Waals surface area (Å²) < 4.78 is 2.08. The van der Waals surface area contributed by atoms with Gasteiger partial charge in [0.25, 0.3) is 0 Å². The third kappa shape index (κ3) is 4.89. The number of nitrogens with one attached hydrogen (secondary N) is 1. The number of aryl methyl sites for hydroxylation is 1. The molecule has 4 heteroatoms. The van der Waals surface area contributed by atoms with E-state index in [1.54, 1.807) is 6.33 Å². The van der Waals surface area contributed by atoms with Gasteiger partial charge in [-0.05, 0) is 50.5 Å². The zero-order valence-corrected chi connectivity index (χ0v) is 13.3. The Morgan fingerprint density at radius 1 is 1.40 bits per heavy atom. The minimum atomic E-state index is 0.626. The van der Waals surface area contributed by atoms with Crippen LogP contribution in [0.2, 0.25) is 0 Å². The third-order valence-electron chi connectivity index (χ3n) is 4.00. The Bertz CT molecular complexity index is 382. The molecule has 0 radical (unpaired) electrons. The maximum Gasteiger partial charge on any atom is 0.138 e. The summed E-state index contributed by atoms with van der Waals surface area (Å²) in [6.07, 6.45) is 9.32. The minimum absolute atomic E-state index is 0.626. The second-order valence-corrected chi connectivity index (χ2v) is 6.54. The van der Waals surface area contributed by atoms with Crippen LogP contribution < -0.4 is 5.32 Å². The van der Waals surface area contributed by atoms with Gasteiger partial charge in [0.2, 0.25) is 0 Å². The van der Waals surface area contributed by atoms with Crippen LogP contribution in [0.4, 0.5) is 0 Å². The summed E-state index contributed by atoms with van der Waals surface area (Å²) in [6.45, 7) is 8.83. The number of hydrogen-bond donors (Lipinski definition) is 1. The maximum absolute atomic E-state index is 4.42. The lowest BCUT2D eigenvalue weighted by Gasteiger charge is -2.17. The maximum atomic E-state index is 4.42. The first-order chi connectivity index (χ1) is 9.70. The molecular formula is C16H30N4. The summed E-state index contributed by atoms with van der Waals surface area (Å²) >= 11 is 0. The molecule has 0 bridgehead atoms. The quantitative estimate of drug-likeness (QED) is 0.715. The molecular weight excluding hydrogens is 248 g/mol. The zero-order chi connectivity index (χ0) is 14.4. The number of hydrogen-bond acceptors (Lipinski definition) is 3. The van der Waals surface area contributed by atoms with E-state index in [9.17, 15) is 0 Å². The van der Waals surface area contributed by atoms with E-state index in [0.717, 1.165) is 37.3 Å². The molecule has 4 nitrogen and oxygen atoms in total. The predicted octanol–water partition coefficient (Wildman–Crippen LogP) is 3.04. The Morgan fingerprint density at radius 2 is 2.20 bits per heavy atom. The summed E-state index contributed by atoms with van der Waals surface area (Å²) in [6, 6.07) is 0.733. The fraction of sp³-hybridized carbons (Fsp3) is 0.875. The predicted molar refractivity (Wildman–Crippen MR) is 82.6 cm³/mol. The highest BCUT2D eigenvalue weighted by Gasteiger charge is 2.30. The second kappa shape index (κ2) is 7.77. The van der Waals surface area contributed by atoms with Crippen LogP contribution in [0.15, 0.2) is 6.33 Å². The van der Waals surface area contributed by atoms with Crippen molar-refractivity contribution in [3.05, 3.63) is 12.2 Å². The van der Waals surface area contributed by atoms with E-state index in [0.29, 0.717) is 5.92 Å². The highest BCUT2D eigenvalue weighted by Crippen LogP contribution is 2.34. The van der Waals surface area contributed by atoms with Gasteiger partial charge in [0.15, 0.2) is 0 Å². The van der Waals surface area contributed by atoms with E-state index in [1.807, 2.05) is 0 Å². The van der Waals surface area contributed by atoms with Gasteiger partial charge in [-0.15, -0.1) is 0 Å². The highest BCUT2D eigenvalue weighted by molar-refractivity contribution is 4.89. The molecule has 1 heterocycles.